The summed E-state index contributed by atoms with van der Waals surface area (Å²) in [5.74, 6) is 1.67. The van der Waals surface area contributed by atoms with Crippen molar-refractivity contribution in [2.45, 2.75) is 38.6 Å². The first-order valence-electron chi connectivity index (χ1n) is 6.40. The summed E-state index contributed by atoms with van der Waals surface area (Å²) in [6, 6.07) is 8.62. The summed E-state index contributed by atoms with van der Waals surface area (Å²) >= 11 is 0. The molecule has 18 heavy (non-hydrogen) atoms. The van der Waals surface area contributed by atoms with Crippen LogP contribution >= 0.6 is 0 Å². The molecule has 2 rings (SSSR count). The van der Waals surface area contributed by atoms with Gasteiger partial charge in [0.1, 0.15) is 12.4 Å². The van der Waals surface area contributed by atoms with Gasteiger partial charge in [-0.1, -0.05) is 32.9 Å². The lowest BCUT2D eigenvalue weighted by atomic mass is 9.87. The lowest BCUT2D eigenvalue weighted by Crippen LogP contribution is -2.31. The Morgan fingerprint density at radius 2 is 1.94 bits per heavy atom. The Morgan fingerprint density at radius 1 is 1.28 bits per heavy atom. The van der Waals surface area contributed by atoms with Crippen LogP contribution in [0.25, 0.3) is 0 Å². The van der Waals surface area contributed by atoms with E-state index in [1.165, 1.54) is 5.56 Å². The van der Waals surface area contributed by atoms with E-state index in [0.29, 0.717) is 12.6 Å². The molecule has 0 unspecified atom stereocenters. The van der Waals surface area contributed by atoms with Gasteiger partial charge in [-0.15, -0.1) is 0 Å². The molecule has 1 aliphatic rings. The maximum absolute atomic E-state index is 5.75. The zero-order valence-corrected chi connectivity index (χ0v) is 11.4. The Labute approximate surface area is 109 Å². The molecule has 0 aromatic heterocycles. The first kappa shape index (κ1) is 12.8. The van der Waals surface area contributed by atoms with Crippen LogP contribution in [0.15, 0.2) is 36.2 Å². The van der Waals surface area contributed by atoms with Gasteiger partial charge in [0.05, 0.1) is 11.9 Å². The normalized spacial score (nSPS) is 19.3. The van der Waals surface area contributed by atoms with E-state index >= 15 is 0 Å². The summed E-state index contributed by atoms with van der Waals surface area (Å²) in [5, 5.41) is 3.17. The minimum Gasteiger partial charge on any atom is -0.491 e. The van der Waals surface area contributed by atoms with E-state index in [1.54, 1.807) is 0 Å². The summed E-state index contributed by atoms with van der Waals surface area (Å²) in [7, 11) is 0. The second kappa shape index (κ2) is 4.92. The van der Waals surface area contributed by atoms with Crippen molar-refractivity contribution in [3.8, 4) is 5.75 Å². The highest BCUT2D eigenvalue weighted by atomic mass is 16.5. The molecular weight excluding hydrogens is 224 g/mol. The predicted octanol–water partition coefficient (Wildman–Crippen LogP) is 2.52. The SMILES string of the molecule is CC(C)(C)c1ccc(OC[C@H]2CC=C(N)N2)cc1. The monoisotopic (exact) mass is 246 g/mol. The number of hydrogen-bond acceptors (Lipinski definition) is 3. The Kier molecular flexibility index (Phi) is 3.50. The summed E-state index contributed by atoms with van der Waals surface area (Å²) in [6.45, 7) is 7.27. The van der Waals surface area contributed by atoms with Gasteiger partial charge >= 0.3 is 0 Å². The second-order valence-electron chi connectivity index (χ2n) is 5.82. The zero-order valence-electron chi connectivity index (χ0n) is 11.4. The number of rotatable bonds is 3. The van der Waals surface area contributed by atoms with Gasteiger partial charge in [-0.2, -0.15) is 0 Å². The molecular formula is C15H22N2O. The molecule has 98 valence electrons. The van der Waals surface area contributed by atoms with Crippen molar-refractivity contribution in [2.75, 3.05) is 6.61 Å². The average Bonchev–Trinajstić information content (AvgIpc) is 2.72. The standard InChI is InChI=1S/C15H22N2O/c1-15(2,3)11-4-7-13(8-5-11)18-10-12-6-9-14(16)17-12/h4-5,7-9,12,17H,6,10,16H2,1-3H3/t12-/m1/s1. The van der Waals surface area contributed by atoms with Crippen LogP contribution in [0.4, 0.5) is 0 Å². The molecule has 0 saturated carbocycles. The maximum Gasteiger partial charge on any atom is 0.119 e. The van der Waals surface area contributed by atoms with Crippen LogP contribution in [-0.2, 0) is 5.41 Å². The smallest absolute Gasteiger partial charge is 0.119 e. The number of hydrogen-bond donors (Lipinski definition) is 2. The molecule has 0 saturated heterocycles. The first-order valence-corrected chi connectivity index (χ1v) is 6.40. The molecule has 0 amide bonds. The maximum atomic E-state index is 5.75. The van der Waals surface area contributed by atoms with Gasteiger partial charge in [-0.05, 0) is 35.6 Å². The fourth-order valence-corrected chi connectivity index (χ4v) is 1.98. The molecule has 1 atom stereocenters. The van der Waals surface area contributed by atoms with Crippen molar-refractivity contribution < 1.29 is 4.74 Å². The van der Waals surface area contributed by atoms with Crippen LogP contribution in [0.2, 0.25) is 0 Å². The quantitative estimate of drug-likeness (QED) is 0.861. The molecule has 0 spiro atoms. The molecule has 3 N–H and O–H groups in total. The molecule has 0 fully saturated rings. The molecule has 1 heterocycles. The molecule has 0 bridgehead atoms. The number of nitrogens with one attached hydrogen (secondary N) is 1. The predicted molar refractivity (Wildman–Crippen MR) is 74.4 cm³/mol. The lowest BCUT2D eigenvalue weighted by Gasteiger charge is -2.19. The Bertz CT molecular complexity index is 429. The Morgan fingerprint density at radius 3 is 2.44 bits per heavy atom. The Balaban J connectivity index is 1.87. The summed E-state index contributed by atoms with van der Waals surface area (Å²) in [5.41, 5.74) is 7.16. The highest BCUT2D eigenvalue weighted by molar-refractivity contribution is 5.31. The second-order valence-corrected chi connectivity index (χ2v) is 5.82. The largest absolute Gasteiger partial charge is 0.491 e. The van der Waals surface area contributed by atoms with Gasteiger partial charge in [0.15, 0.2) is 0 Å². The fourth-order valence-electron chi connectivity index (χ4n) is 1.98. The van der Waals surface area contributed by atoms with Crippen molar-refractivity contribution in [1.29, 1.82) is 0 Å². The molecule has 1 aromatic rings. The van der Waals surface area contributed by atoms with E-state index < -0.39 is 0 Å². The van der Waals surface area contributed by atoms with Crippen molar-refractivity contribution in [3.63, 3.8) is 0 Å². The van der Waals surface area contributed by atoms with E-state index in [0.717, 1.165) is 18.0 Å². The van der Waals surface area contributed by atoms with Crippen LogP contribution < -0.4 is 15.8 Å². The van der Waals surface area contributed by atoms with Crippen LogP contribution in [0.1, 0.15) is 32.8 Å². The van der Waals surface area contributed by atoms with Crippen LogP contribution in [-0.4, -0.2) is 12.6 Å². The average molecular weight is 246 g/mol. The summed E-state index contributed by atoms with van der Waals surface area (Å²) < 4.78 is 5.75. The van der Waals surface area contributed by atoms with E-state index in [9.17, 15) is 0 Å². The van der Waals surface area contributed by atoms with Crippen molar-refractivity contribution in [1.82, 2.24) is 5.32 Å². The number of nitrogens with two attached hydrogens (primary N) is 1. The van der Waals surface area contributed by atoms with Crippen LogP contribution in [0.3, 0.4) is 0 Å². The van der Waals surface area contributed by atoms with Gasteiger partial charge < -0.3 is 15.8 Å². The summed E-state index contributed by atoms with van der Waals surface area (Å²) in [6.07, 6.45) is 2.93. The molecule has 0 radical (unpaired) electrons. The van der Waals surface area contributed by atoms with Crippen LogP contribution in [0.5, 0.6) is 5.75 Å². The van der Waals surface area contributed by atoms with Gasteiger partial charge in [0.2, 0.25) is 0 Å². The van der Waals surface area contributed by atoms with Gasteiger partial charge in [0, 0.05) is 0 Å². The number of ether oxygens (including phenoxy) is 1. The van der Waals surface area contributed by atoms with E-state index in [1.807, 2.05) is 18.2 Å². The third-order valence-corrected chi connectivity index (χ3v) is 3.16. The fraction of sp³-hybridized carbons (Fsp3) is 0.467. The van der Waals surface area contributed by atoms with E-state index in [4.69, 9.17) is 10.5 Å². The minimum absolute atomic E-state index is 0.184. The van der Waals surface area contributed by atoms with Gasteiger partial charge in [-0.3, -0.25) is 0 Å². The third-order valence-electron chi connectivity index (χ3n) is 3.16. The highest BCUT2D eigenvalue weighted by Crippen LogP contribution is 2.24. The van der Waals surface area contributed by atoms with Crippen LogP contribution in [0, 0.1) is 0 Å². The van der Waals surface area contributed by atoms with Crippen molar-refractivity contribution in [3.05, 3.63) is 41.7 Å². The summed E-state index contributed by atoms with van der Waals surface area (Å²) in [4.78, 5) is 0. The zero-order chi connectivity index (χ0) is 13.2. The highest BCUT2D eigenvalue weighted by Gasteiger charge is 2.15. The molecule has 1 aliphatic heterocycles. The Hall–Kier alpha value is -1.64. The van der Waals surface area contributed by atoms with E-state index in [2.05, 4.69) is 38.2 Å². The molecule has 3 nitrogen and oxygen atoms in total. The molecule has 0 aliphatic carbocycles. The third kappa shape index (κ3) is 3.19. The lowest BCUT2D eigenvalue weighted by molar-refractivity contribution is 0.278. The topological polar surface area (TPSA) is 47.3 Å². The van der Waals surface area contributed by atoms with Gasteiger partial charge in [-0.25, -0.2) is 0 Å². The molecule has 1 aromatic carbocycles. The number of benzene rings is 1. The first-order chi connectivity index (χ1) is 8.45. The molecule has 3 heteroatoms. The van der Waals surface area contributed by atoms with Crippen molar-refractivity contribution >= 4 is 0 Å². The van der Waals surface area contributed by atoms with Gasteiger partial charge in [0.25, 0.3) is 0 Å². The van der Waals surface area contributed by atoms with E-state index in [-0.39, 0.29) is 5.41 Å². The minimum atomic E-state index is 0.184. The van der Waals surface area contributed by atoms with Crippen molar-refractivity contribution in [2.24, 2.45) is 5.73 Å².